The van der Waals surface area contributed by atoms with Crippen LogP contribution in [0, 0.1) is 6.92 Å². The van der Waals surface area contributed by atoms with Gasteiger partial charge in [-0.15, -0.1) is 0 Å². The zero-order valence-electron chi connectivity index (χ0n) is 17.6. The van der Waals surface area contributed by atoms with E-state index >= 15 is 0 Å². The third kappa shape index (κ3) is 5.10. The predicted molar refractivity (Wildman–Crippen MR) is 118 cm³/mol. The number of rotatable bonds is 7. The largest absolute Gasteiger partial charge is 0.379 e. The zero-order chi connectivity index (χ0) is 21.6. The summed E-state index contributed by atoms with van der Waals surface area (Å²) in [6.07, 6.45) is 1.76. The highest BCUT2D eigenvalue weighted by Crippen LogP contribution is 2.16. The molecular formula is C23H27N5O3. The van der Waals surface area contributed by atoms with Crippen LogP contribution in [0.5, 0.6) is 0 Å². The molecular weight excluding hydrogens is 394 g/mol. The topological polar surface area (TPSA) is 92.2 Å². The molecule has 2 N–H and O–H groups in total. The van der Waals surface area contributed by atoms with Crippen molar-refractivity contribution in [2.75, 3.05) is 32.8 Å². The highest BCUT2D eigenvalue weighted by molar-refractivity contribution is 5.95. The summed E-state index contributed by atoms with van der Waals surface area (Å²) < 4.78 is 6.97. The number of nitrogens with one attached hydrogen (secondary N) is 2. The Balaban J connectivity index is 1.41. The van der Waals surface area contributed by atoms with Crippen molar-refractivity contribution in [2.45, 2.75) is 20.0 Å². The molecule has 0 aliphatic carbocycles. The molecule has 0 bridgehead atoms. The van der Waals surface area contributed by atoms with Gasteiger partial charge in [0.25, 0.3) is 11.5 Å². The summed E-state index contributed by atoms with van der Waals surface area (Å²) in [5.41, 5.74) is 3.17. The predicted octanol–water partition coefficient (Wildman–Crippen LogP) is 1.81. The lowest BCUT2D eigenvalue weighted by Gasteiger charge is -2.26. The average molecular weight is 422 g/mol. The molecule has 0 unspecified atom stereocenters. The number of hydrogen-bond donors (Lipinski definition) is 2. The normalized spacial score (nSPS) is 14.5. The lowest BCUT2D eigenvalue weighted by Crippen LogP contribution is -2.40. The van der Waals surface area contributed by atoms with E-state index in [1.807, 2.05) is 42.5 Å². The maximum Gasteiger partial charge on any atom is 0.263 e. The summed E-state index contributed by atoms with van der Waals surface area (Å²) in [7, 11) is 0. The van der Waals surface area contributed by atoms with Gasteiger partial charge in [0.1, 0.15) is 5.56 Å². The molecule has 3 heterocycles. The second kappa shape index (κ2) is 9.72. The van der Waals surface area contributed by atoms with E-state index in [4.69, 9.17) is 4.74 Å². The number of aromatic amines is 1. The van der Waals surface area contributed by atoms with E-state index in [2.05, 4.69) is 20.4 Å². The molecule has 1 amide bonds. The van der Waals surface area contributed by atoms with Crippen molar-refractivity contribution in [3.63, 3.8) is 0 Å². The quantitative estimate of drug-likeness (QED) is 0.607. The minimum atomic E-state index is -0.376. The molecule has 0 saturated carbocycles. The van der Waals surface area contributed by atoms with Crippen LogP contribution >= 0.6 is 0 Å². The first kappa shape index (κ1) is 21.0. The van der Waals surface area contributed by atoms with Crippen molar-refractivity contribution in [3.05, 3.63) is 75.8 Å². The summed E-state index contributed by atoms with van der Waals surface area (Å²) in [6, 6.07) is 13.5. The maximum atomic E-state index is 12.9. The Morgan fingerprint density at radius 3 is 2.71 bits per heavy atom. The Labute approximate surface area is 180 Å². The third-order valence-electron chi connectivity index (χ3n) is 5.50. The van der Waals surface area contributed by atoms with Crippen molar-refractivity contribution >= 4 is 5.91 Å². The highest BCUT2D eigenvalue weighted by Gasteiger charge is 2.17. The number of aryl methyl sites for hydroxylation is 1. The smallest absolute Gasteiger partial charge is 0.263 e. The van der Waals surface area contributed by atoms with Gasteiger partial charge in [-0.05, 0) is 24.6 Å². The maximum absolute atomic E-state index is 12.9. The van der Waals surface area contributed by atoms with E-state index in [1.54, 1.807) is 17.7 Å². The summed E-state index contributed by atoms with van der Waals surface area (Å²) in [6.45, 7) is 6.51. The van der Waals surface area contributed by atoms with E-state index in [0.29, 0.717) is 12.1 Å². The number of morpholine rings is 1. The Morgan fingerprint density at radius 1 is 1.16 bits per heavy atom. The molecule has 0 atom stereocenters. The molecule has 2 aromatic heterocycles. The van der Waals surface area contributed by atoms with Crippen molar-refractivity contribution < 1.29 is 9.53 Å². The summed E-state index contributed by atoms with van der Waals surface area (Å²) in [5, 5.41) is 10.1. The summed E-state index contributed by atoms with van der Waals surface area (Å²) in [4.78, 5) is 28.0. The Bertz CT molecular complexity index is 1080. The standard InChI is InChI=1S/C23H27N5O3/c1-17-7-8-28(10-9-27-11-13-31-14-12-27)23(30)21(17)22(29)24-16-19-15-20(26-25-19)18-5-3-2-4-6-18/h2-8,15H,9-14,16H2,1H3,(H,24,29)(H,25,26). The number of nitrogens with zero attached hydrogens (tertiary/aromatic N) is 3. The van der Waals surface area contributed by atoms with Crippen molar-refractivity contribution in [1.29, 1.82) is 0 Å². The second-order valence-electron chi connectivity index (χ2n) is 7.65. The molecule has 8 heteroatoms. The number of hydrogen-bond acceptors (Lipinski definition) is 5. The van der Waals surface area contributed by atoms with Crippen LogP contribution in [-0.4, -0.2) is 58.4 Å². The fraction of sp³-hybridized carbons (Fsp3) is 0.348. The van der Waals surface area contributed by atoms with Crippen molar-refractivity contribution in [1.82, 2.24) is 25.0 Å². The molecule has 8 nitrogen and oxygen atoms in total. The van der Waals surface area contributed by atoms with Gasteiger partial charge >= 0.3 is 0 Å². The van der Waals surface area contributed by atoms with E-state index in [0.717, 1.165) is 49.8 Å². The lowest BCUT2D eigenvalue weighted by atomic mass is 10.1. The molecule has 0 radical (unpaired) electrons. The molecule has 162 valence electrons. The number of benzene rings is 1. The van der Waals surface area contributed by atoms with Gasteiger partial charge in [-0.2, -0.15) is 5.10 Å². The van der Waals surface area contributed by atoms with E-state index < -0.39 is 0 Å². The van der Waals surface area contributed by atoms with Gasteiger partial charge in [-0.25, -0.2) is 0 Å². The summed E-state index contributed by atoms with van der Waals surface area (Å²) >= 11 is 0. The van der Waals surface area contributed by atoms with Crippen molar-refractivity contribution in [3.8, 4) is 11.3 Å². The number of amides is 1. The number of carbonyl (C=O) groups excluding carboxylic acids is 1. The second-order valence-corrected chi connectivity index (χ2v) is 7.65. The lowest BCUT2D eigenvalue weighted by molar-refractivity contribution is 0.0362. The third-order valence-corrected chi connectivity index (χ3v) is 5.50. The van der Waals surface area contributed by atoms with E-state index in [1.165, 1.54) is 0 Å². The number of ether oxygens (including phenoxy) is 1. The molecule has 31 heavy (non-hydrogen) atoms. The molecule has 3 aromatic rings. The van der Waals surface area contributed by atoms with Gasteiger partial charge in [0.05, 0.1) is 31.1 Å². The van der Waals surface area contributed by atoms with Crippen LogP contribution in [0.25, 0.3) is 11.3 Å². The molecule has 1 aliphatic heterocycles. The molecule has 1 aliphatic rings. The fourth-order valence-electron chi connectivity index (χ4n) is 3.66. The monoisotopic (exact) mass is 421 g/mol. The summed E-state index contributed by atoms with van der Waals surface area (Å²) in [5.74, 6) is -0.376. The first-order chi connectivity index (χ1) is 15.1. The number of carbonyl (C=O) groups is 1. The number of pyridine rings is 1. The van der Waals surface area contributed by atoms with E-state index in [9.17, 15) is 9.59 Å². The molecule has 4 rings (SSSR count). The molecule has 1 fully saturated rings. The highest BCUT2D eigenvalue weighted by atomic mass is 16.5. The number of H-pyrrole nitrogens is 1. The average Bonchev–Trinajstić information content (AvgIpc) is 3.28. The van der Waals surface area contributed by atoms with Crippen LogP contribution in [0.1, 0.15) is 21.6 Å². The Kier molecular flexibility index (Phi) is 6.59. The van der Waals surface area contributed by atoms with Crippen LogP contribution < -0.4 is 10.9 Å². The minimum Gasteiger partial charge on any atom is -0.379 e. The first-order valence-corrected chi connectivity index (χ1v) is 10.5. The minimum absolute atomic E-state index is 0.187. The molecule has 0 spiro atoms. The van der Waals surface area contributed by atoms with Crippen LogP contribution in [0.4, 0.5) is 0 Å². The molecule has 1 aromatic carbocycles. The van der Waals surface area contributed by atoms with Gasteiger partial charge < -0.3 is 14.6 Å². The van der Waals surface area contributed by atoms with Gasteiger partial charge in [0, 0.05) is 37.9 Å². The SMILES string of the molecule is Cc1ccn(CCN2CCOCC2)c(=O)c1C(=O)NCc1cc(-c2ccccc2)n[nH]1. The Hall–Kier alpha value is -3.23. The molecule has 1 saturated heterocycles. The van der Waals surface area contributed by atoms with Crippen LogP contribution in [-0.2, 0) is 17.8 Å². The van der Waals surface area contributed by atoms with Crippen molar-refractivity contribution in [2.24, 2.45) is 0 Å². The van der Waals surface area contributed by atoms with E-state index in [-0.39, 0.29) is 23.6 Å². The fourth-order valence-corrected chi connectivity index (χ4v) is 3.66. The van der Waals surface area contributed by atoms with Crippen LogP contribution in [0.15, 0.2) is 53.5 Å². The zero-order valence-corrected chi connectivity index (χ0v) is 17.6. The van der Waals surface area contributed by atoms with Crippen LogP contribution in [0.3, 0.4) is 0 Å². The van der Waals surface area contributed by atoms with Gasteiger partial charge in [0.15, 0.2) is 0 Å². The Morgan fingerprint density at radius 2 is 1.94 bits per heavy atom. The van der Waals surface area contributed by atoms with Gasteiger partial charge in [0.2, 0.25) is 0 Å². The number of aromatic nitrogens is 3. The van der Waals surface area contributed by atoms with Crippen LogP contribution in [0.2, 0.25) is 0 Å². The van der Waals surface area contributed by atoms with Gasteiger partial charge in [-0.3, -0.25) is 19.6 Å². The first-order valence-electron chi connectivity index (χ1n) is 10.5. The van der Waals surface area contributed by atoms with Gasteiger partial charge in [-0.1, -0.05) is 30.3 Å².